The zero-order valence-electron chi connectivity index (χ0n) is 12.5. The SMILES string of the molecule is COc1ccc(C)cc1.COc1ccc([C@@H](C)O)cc1. The van der Waals surface area contributed by atoms with E-state index in [1.807, 2.05) is 48.5 Å². The fraction of sp³-hybridized carbons (Fsp3) is 0.294. The minimum atomic E-state index is -0.402. The first kappa shape index (κ1) is 16.1. The molecule has 0 heterocycles. The minimum Gasteiger partial charge on any atom is -0.497 e. The van der Waals surface area contributed by atoms with Gasteiger partial charge in [0.2, 0.25) is 0 Å². The Morgan fingerprint density at radius 2 is 1.20 bits per heavy atom. The zero-order chi connectivity index (χ0) is 15.0. The molecule has 0 saturated heterocycles. The maximum atomic E-state index is 9.15. The summed E-state index contributed by atoms with van der Waals surface area (Å²) in [5, 5.41) is 9.15. The first-order valence-electron chi connectivity index (χ1n) is 6.49. The molecule has 0 radical (unpaired) electrons. The van der Waals surface area contributed by atoms with Crippen LogP contribution >= 0.6 is 0 Å². The highest BCUT2D eigenvalue weighted by Gasteiger charge is 1.98. The fourth-order valence-electron chi connectivity index (χ4n) is 1.56. The van der Waals surface area contributed by atoms with Gasteiger partial charge in [0.1, 0.15) is 11.5 Å². The minimum absolute atomic E-state index is 0.402. The number of hydrogen-bond donors (Lipinski definition) is 1. The molecule has 0 aliphatic rings. The third kappa shape index (κ3) is 5.33. The normalized spacial score (nSPS) is 11.1. The van der Waals surface area contributed by atoms with Crippen LogP contribution in [-0.4, -0.2) is 19.3 Å². The van der Waals surface area contributed by atoms with E-state index in [4.69, 9.17) is 14.6 Å². The summed E-state index contributed by atoms with van der Waals surface area (Å²) in [5.74, 6) is 1.73. The van der Waals surface area contributed by atoms with E-state index in [0.29, 0.717) is 0 Å². The number of ether oxygens (including phenoxy) is 2. The second-order valence-corrected chi connectivity index (χ2v) is 4.47. The zero-order valence-corrected chi connectivity index (χ0v) is 12.5. The molecule has 0 fully saturated rings. The van der Waals surface area contributed by atoms with Crippen molar-refractivity contribution in [3.63, 3.8) is 0 Å². The van der Waals surface area contributed by atoms with Crippen LogP contribution in [0.3, 0.4) is 0 Å². The number of benzene rings is 2. The topological polar surface area (TPSA) is 38.7 Å². The predicted octanol–water partition coefficient (Wildman–Crippen LogP) is 3.75. The summed E-state index contributed by atoms with van der Waals surface area (Å²) in [6.07, 6.45) is -0.402. The van der Waals surface area contributed by atoms with Gasteiger partial charge in [0.15, 0.2) is 0 Å². The summed E-state index contributed by atoms with van der Waals surface area (Å²) in [5.41, 5.74) is 2.17. The molecule has 2 rings (SSSR count). The molecule has 20 heavy (non-hydrogen) atoms. The molecule has 0 unspecified atom stereocenters. The third-order valence-electron chi connectivity index (χ3n) is 2.85. The molecule has 0 aliphatic heterocycles. The van der Waals surface area contributed by atoms with Gasteiger partial charge in [-0.2, -0.15) is 0 Å². The number of rotatable bonds is 3. The maximum absolute atomic E-state index is 9.15. The smallest absolute Gasteiger partial charge is 0.118 e. The molecule has 3 heteroatoms. The van der Waals surface area contributed by atoms with E-state index in [1.54, 1.807) is 21.1 Å². The number of methoxy groups -OCH3 is 2. The Morgan fingerprint density at radius 3 is 1.55 bits per heavy atom. The first-order valence-corrected chi connectivity index (χ1v) is 6.49. The van der Waals surface area contributed by atoms with E-state index in [1.165, 1.54) is 5.56 Å². The Bertz CT molecular complexity index is 487. The van der Waals surface area contributed by atoms with Gasteiger partial charge in [-0.25, -0.2) is 0 Å². The second-order valence-electron chi connectivity index (χ2n) is 4.47. The largest absolute Gasteiger partial charge is 0.497 e. The lowest BCUT2D eigenvalue weighted by Crippen LogP contribution is -1.90. The van der Waals surface area contributed by atoms with Crippen LogP contribution in [0.25, 0.3) is 0 Å². The molecule has 0 spiro atoms. The number of aliphatic hydroxyl groups excluding tert-OH is 1. The average Bonchev–Trinajstić information content (AvgIpc) is 2.49. The van der Waals surface area contributed by atoms with Crippen LogP contribution in [0, 0.1) is 6.92 Å². The Kier molecular flexibility index (Phi) is 6.60. The summed E-state index contributed by atoms with van der Waals surface area (Å²) in [4.78, 5) is 0. The van der Waals surface area contributed by atoms with Gasteiger partial charge in [-0.1, -0.05) is 29.8 Å². The van der Waals surface area contributed by atoms with Crippen molar-refractivity contribution in [1.82, 2.24) is 0 Å². The van der Waals surface area contributed by atoms with Crippen molar-refractivity contribution >= 4 is 0 Å². The van der Waals surface area contributed by atoms with E-state index in [-0.39, 0.29) is 0 Å². The van der Waals surface area contributed by atoms with Crippen LogP contribution in [0.4, 0.5) is 0 Å². The number of hydrogen-bond acceptors (Lipinski definition) is 3. The van der Waals surface area contributed by atoms with Crippen molar-refractivity contribution < 1.29 is 14.6 Å². The van der Waals surface area contributed by atoms with Gasteiger partial charge in [0, 0.05) is 0 Å². The Balaban J connectivity index is 0.000000204. The van der Waals surface area contributed by atoms with Crippen LogP contribution in [-0.2, 0) is 0 Å². The van der Waals surface area contributed by atoms with Crippen LogP contribution in [0.5, 0.6) is 11.5 Å². The van der Waals surface area contributed by atoms with E-state index in [0.717, 1.165) is 17.1 Å². The summed E-state index contributed by atoms with van der Waals surface area (Å²) in [6, 6.07) is 15.3. The average molecular weight is 274 g/mol. The standard InChI is InChI=1S/C9H12O2.C8H10O/c1-7(10)8-3-5-9(11-2)6-4-8;1-7-3-5-8(9-2)6-4-7/h3-7,10H,1-2H3;3-6H,1-2H3/t7-;/m1./s1. The van der Waals surface area contributed by atoms with Gasteiger partial charge in [-0.3, -0.25) is 0 Å². The van der Waals surface area contributed by atoms with Crippen LogP contribution < -0.4 is 9.47 Å². The van der Waals surface area contributed by atoms with Gasteiger partial charge in [0.05, 0.1) is 20.3 Å². The van der Waals surface area contributed by atoms with Gasteiger partial charge >= 0.3 is 0 Å². The third-order valence-corrected chi connectivity index (χ3v) is 2.85. The van der Waals surface area contributed by atoms with Crippen molar-refractivity contribution in [2.75, 3.05) is 14.2 Å². The van der Waals surface area contributed by atoms with Gasteiger partial charge in [0.25, 0.3) is 0 Å². The van der Waals surface area contributed by atoms with Crippen molar-refractivity contribution in [2.45, 2.75) is 20.0 Å². The molecule has 2 aromatic rings. The van der Waals surface area contributed by atoms with E-state index in [9.17, 15) is 0 Å². The van der Waals surface area contributed by atoms with E-state index >= 15 is 0 Å². The van der Waals surface area contributed by atoms with Crippen LogP contribution in [0.1, 0.15) is 24.2 Å². The summed E-state index contributed by atoms with van der Waals surface area (Å²) < 4.78 is 9.94. The molecule has 1 atom stereocenters. The van der Waals surface area contributed by atoms with E-state index in [2.05, 4.69) is 6.92 Å². The number of aliphatic hydroxyl groups is 1. The highest BCUT2D eigenvalue weighted by molar-refractivity contribution is 5.28. The Hall–Kier alpha value is -2.00. The summed E-state index contributed by atoms with van der Waals surface area (Å²) in [7, 11) is 3.29. The second kappa shape index (κ2) is 8.23. The lowest BCUT2D eigenvalue weighted by Gasteiger charge is -2.04. The van der Waals surface area contributed by atoms with Crippen LogP contribution in [0.2, 0.25) is 0 Å². The van der Waals surface area contributed by atoms with Crippen molar-refractivity contribution in [3.8, 4) is 11.5 Å². The van der Waals surface area contributed by atoms with Crippen LogP contribution in [0.15, 0.2) is 48.5 Å². The lowest BCUT2D eigenvalue weighted by atomic mass is 10.1. The molecular formula is C17H22O3. The summed E-state index contributed by atoms with van der Waals surface area (Å²) >= 11 is 0. The highest BCUT2D eigenvalue weighted by atomic mass is 16.5. The predicted molar refractivity (Wildman–Crippen MR) is 81.4 cm³/mol. The molecule has 0 amide bonds. The monoisotopic (exact) mass is 274 g/mol. The molecule has 0 bridgehead atoms. The lowest BCUT2D eigenvalue weighted by molar-refractivity contribution is 0.199. The number of aryl methyl sites for hydroxylation is 1. The highest BCUT2D eigenvalue weighted by Crippen LogP contribution is 2.16. The molecule has 0 aliphatic carbocycles. The maximum Gasteiger partial charge on any atom is 0.118 e. The van der Waals surface area contributed by atoms with E-state index < -0.39 is 6.10 Å². The van der Waals surface area contributed by atoms with Crippen molar-refractivity contribution in [2.24, 2.45) is 0 Å². The molecule has 108 valence electrons. The summed E-state index contributed by atoms with van der Waals surface area (Å²) in [6.45, 7) is 3.79. The molecule has 0 aromatic heterocycles. The van der Waals surface area contributed by atoms with Crippen molar-refractivity contribution in [3.05, 3.63) is 59.7 Å². The first-order chi connectivity index (χ1) is 9.56. The van der Waals surface area contributed by atoms with Gasteiger partial charge < -0.3 is 14.6 Å². The molecule has 0 saturated carbocycles. The molecule has 2 aromatic carbocycles. The Morgan fingerprint density at radius 1 is 0.800 bits per heavy atom. The van der Waals surface area contributed by atoms with Gasteiger partial charge in [-0.15, -0.1) is 0 Å². The fourth-order valence-corrected chi connectivity index (χ4v) is 1.56. The molecular weight excluding hydrogens is 252 g/mol. The van der Waals surface area contributed by atoms with Gasteiger partial charge in [-0.05, 0) is 43.7 Å². The quantitative estimate of drug-likeness (QED) is 0.926. The Labute approximate surface area is 120 Å². The molecule has 3 nitrogen and oxygen atoms in total. The molecule has 1 N–H and O–H groups in total. The van der Waals surface area contributed by atoms with Crippen molar-refractivity contribution in [1.29, 1.82) is 0 Å².